The van der Waals surface area contributed by atoms with Crippen LogP contribution in [0.25, 0.3) is 6.08 Å². The quantitative estimate of drug-likeness (QED) is 0.345. The van der Waals surface area contributed by atoms with Gasteiger partial charge < -0.3 is 5.11 Å². The van der Waals surface area contributed by atoms with E-state index in [9.17, 15) is 15.2 Å². The van der Waals surface area contributed by atoms with Crippen LogP contribution in [-0.2, 0) is 12.0 Å². The van der Waals surface area contributed by atoms with Crippen LogP contribution in [0.1, 0.15) is 30.5 Å². The molecule has 0 amide bonds. The fourth-order valence-electron chi connectivity index (χ4n) is 4.03. The topological polar surface area (TPSA) is 66.4 Å². The molecule has 30 heavy (non-hydrogen) atoms. The number of benzene rings is 3. The Kier molecular flexibility index (Phi) is 4.96. The van der Waals surface area contributed by atoms with E-state index in [0.29, 0.717) is 12.1 Å². The van der Waals surface area contributed by atoms with Crippen molar-refractivity contribution in [3.05, 3.63) is 106 Å². The van der Waals surface area contributed by atoms with Gasteiger partial charge in [0.1, 0.15) is 5.75 Å². The highest BCUT2D eigenvalue weighted by Gasteiger charge is 2.44. The first kappa shape index (κ1) is 19.6. The van der Waals surface area contributed by atoms with Gasteiger partial charge in [-0.25, -0.2) is 0 Å². The second-order valence-electron chi connectivity index (χ2n) is 7.93. The van der Waals surface area contributed by atoms with Crippen LogP contribution in [0.4, 0.5) is 11.4 Å². The van der Waals surface area contributed by atoms with Crippen LogP contribution in [0.5, 0.6) is 5.75 Å². The minimum absolute atomic E-state index is 0.0316. The Bertz CT molecular complexity index is 1180. The number of nitro benzene ring substituents is 1. The highest BCUT2D eigenvalue weighted by molar-refractivity contribution is 6.05. The van der Waals surface area contributed by atoms with E-state index in [1.165, 1.54) is 23.8 Å². The zero-order valence-corrected chi connectivity index (χ0v) is 16.9. The van der Waals surface area contributed by atoms with E-state index in [-0.39, 0.29) is 16.9 Å². The Hall–Kier alpha value is -3.73. The molecule has 0 radical (unpaired) electrons. The highest BCUT2D eigenvalue weighted by atomic mass is 16.6. The molecule has 4 rings (SSSR count). The van der Waals surface area contributed by atoms with Crippen molar-refractivity contribution >= 4 is 23.2 Å². The highest BCUT2D eigenvalue weighted by Crippen LogP contribution is 2.41. The fraction of sp³-hybridized carbons (Fsp3) is 0.160. The molecule has 0 saturated carbocycles. The molecule has 5 heteroatoms. The van der Waals surface area contributed by atoms with Crippen molar-refractivity contribution in [2.45, 2.75) is 25.8 Å². The predicted molar refractivity (Wildman–Crippen MR) is 118 cm³/mol. The molecule has 0 fully saturated rings. The number of phenols is 1. The van der Waals surface area contributed by atoms with E-state index in [1.807, 2.05) is 42.5 Å². The summed E-state index contributed by atoms with van der Waals surface area (Å²) in [7, 11) is 0. The lowest BCUT2D eigenvalue weighted by Gasteiger charge is -2.15. The second kappa shape index (κ2) is 7.59. The standard InChI is InChI=1S/C25H22N2O3/c1-25(2)21-10-6-7-11-22(21)26(24(25)15-12-18-8-4-3-5-9-18)17-19-16-20(27(29)30)13-14-23(19)28/h3-16H,17H2,1-2H3/p+1/b15-12+. The number of nitrogens with zero attached hydrogens (tertiary/aromatic N) is 2. The van der Waals surface area contributed by atoms with E-state index >= 15 is 0 Å². The summed E-state index contributed by atoms with van der Waals surface area (Å²) in [6.07, 6.45) is 4.17. The zero-order chi connectivity index (χ0) is 21.3. The number of phenolic OH excluding ortho intramolecular Hbond substituents is 1. The van der Waals surface area contributed by atoms with Gasteiger partial charge in [0.15, 0.2) is 12.3 Å². The number of para-hydroxylation sites is 1. The molecule has 1 heterocycles. The molecule has 3 aromatic carbocycles. The van der Waals surface area contributed by atoms with E-state index in [0.717, 1.165) is 17.0 Å². The van der Waals surface area contributed by atoms with Gasteiger partial charge in [-0.3, -0.25) is 10.1 Å². The molecule has 0 saturated heterocycles. The Labute approximate surface area is 175 Å². The van der Waals surface area contributed by atoms with E-state index in [4.69, 9.17) is 0 Å². The van der Waals surface area contributed by atoms with Crippen LogP contribution >= 0.6 is 0 Å². The minimum atomic E-state index is -0.440. The van der Waals surface area contributed by atoms with Gasteiger partial charge in [0.05, 0.1) is 15.9 Å². The summed E-state index contributed by atoms with van der Waals surface area (Å²) < 4.78 is 2.13. The molecule has 0 unspecified atom stereocenters. The first-order chi connectivity index (χ1) is 14.4. The van der Waals surface area contributed by atoms with Gasteiger partial charge in [0.2, 0.25) is 5.69 Å². The smallest absolute Gasteiger partial charge is 0.270 e. The van der Waals surface area contributed by atoms with Gasteiger partial charge in [-0.2, -0.15) is 4.58 Å². The number of rotatable bonds is 5. The number of allylic oxidation sites excluding steroid dienone is 1. The maximum atomic E-state index is 11.2. The molecular formula is C25H23N2O3+. The first-order valence-corrected chi connectivity index (χ1v) is 9.82. The SMILES string of the molecule is CC1(C)C(/C=C/c2ccccc2)=[N+](Cc2cc([N+](=O)[O-])ccc2O)c2ccccc21. The maximum Gasteiger partial charge on any atom is 0.270 e. The van der Waals surface area contributed by atoms with Gasteiger partial charge in [-0.1, -0.05) is 48.5 Å². The number of fused-ring (bicyclic) bond motifs is 1. The summed E-state index contributed by atoms with van der Waals surface area (Å²) in [5.41, 5.74) is 4.62. The van der Waals surface area contributed by atoms with Crippen molar-refractivity contribution in [2.75, 3.05) is 0 Å². The molecule has 0 aromatic heterocycles. The number of non-ortho nitro benzene ring substituents is 1. The van der Waals surface area contributed by atoms with Crippen molar-refractivity contribution in [3.8, 4) is 5.75 Å². The molecule has 0 aliphatic carbocycles. The van der Waals surface area contributed by atoms with Gasteiger partial charge in [0.25, 0.3) is 5.69 Å². The summed E-state index contributed by atoms with van der Waals surface area (Å²) in [6, 6.07) is 22.4. The van der Waals surface area contributed by atoms with Crippen molar-refractivity contribution < 1.29 is 14.6 Å². The summed E-state index contributed by atoms with van der Waals surface area (Å²) in [4.78, 5) is 10.8. The summed E-state index contributed by atoms with van der Waals surface area (Å²) in [5.74, 6) is 0.0502. The lowest BCUT2D eigenvalue weighted by Crippen LogP contribution is -2.27. The Morgan fingerprint density at radius 1 is 1.00 bits per heavy atom. The molecule has 1 aliphatic rings. The van der Waals surface area contributed by atoms with Crippen LogP contribution < -0.4 is 0 Å². The number of aromatic hydroxyl groups is 1. The van der Waals surface area contributed by atoms with E-state index in [2.05, 4.69) is 42.7 Å². The molecule has 5 nitrogen and oxygen atoms in total. The number of hydrogen-bond donors (Lipinski definition) is 1. The molecule has 0 bridgehead atoms. The summed E-state index contributed by atoms with van der Waals surface area (Å²) in [6.45, 7) is 4.68. The van der Waals surface area contributed by atoms with Crippen LogP contribution in [0, 0.1) is 10.1 Å². The van der Waals surface area contributed by atoms with Crippen molar-refractivity contribution in [1.82, 2.24) is 0 Å². The number of hydrogen-bond acceptors (Lipinski definition) is 3. The normalized spacial score (nSPS) is 14.9. The first-order valence-electron chi connectivity index (χ1n) is 9.82. The van der Waals surface area contributed by atoms with Crippen LogP contribution in [0.2, 0.25) is 0 Å². The molecule has 0 atom stereocenters. The summed E-state index contributed by atoms with van der Waals surface area (Å²) in [5, 5.41) is 21.6. The summed E-state index contributed by atoms with van der Waals surface area (Å²) >= 11 is 0. The molecule has 0 spiro atoms. The lowest BCUT2D eigenvalue weighted by atomic mass is 9.81. The number of nitro groups is 1. The largest absolute Gasteiger partial charge is 0.507 e. The fourth-order valence-corrected chi connectivity index (χ4v) is 4.03. The molecule has 150 valence electrons. The predicted octanol–water partition coefficient (Wildman–Crippen LogP) is 5.59. The van der Waals surface area contributed by atoms with Crippen molar-refractivity contribution in [3.63, 3.8) is 0 Å². The molecular weight excluding hydrogens is 376 g/mol. The third-order valence-electron chi connectivity index (χ3n) is 5.63. The van der Waals surface area contributed by atoms with Gasteiger partial charge in [-0.05, 0) is 31.6 Å². The van der Waals surface area contributed by atoms with Crippen LogP contribution in [0.15, 0.2) is 78.9 Å². The average Bonchev–Trinajstić information content (AvgIpc) is 2.95. The van der Waals surface area contributed by atoms with E-state index < -0.39 is 4.92 Å². The Morgan fingerprint density at radius 3 is 2.43 bits per heavy atom. The average molecular weight is 399 g/mol. The third-order valence-corrected chi connectivity index (χ3v) is 5.63. The van der Waals surface area contributed by atoms with Gasteiger partial charge in [0, 0.05) is 29.8 Å². The molecule has 1 N–H and O–H groups in total. The van der Waals surface area contributed by atoms with Crippen molar-refractivity contribution in [2.24, 2.45) is 0 Å². The van der Waals surface area contributed by atoms with Crippen LogP contribution in [0.3, 0.4) is 0 Å². The zero-order valence-electron chi connectivity index (χ0n) is 16.9. The Balaban J connectivity index is 1.84. The third kappa shape index (κ3) is 3.50. The Morgan fingerprint density at radius 2 is 1.70 bits per heavy atom. The van der Waals surface area contributed by atoms with Gasteiger partial charge in [-0.15, -0.1) is 0 Å². The van der Waals surface area contributed by atoms with Crippen molar-refractivity contribution in [1.29, 1.82) is 0 Å². The lowest BCUT2D eigenvalue weighted by molar-refractivity contribution is -0.455. The monoisotopic (exact) mass is 399 g/mol. The second-order valence-corrected chi connectivity index (χ2v) is 7.93. The maximum absolute atomic E-state index is 11.2. The van der Waals surface area contributed by atoms with E-state index in [1.54, 1.807) is 0 Å². The molecule has 3 aromatic rings. The minimum Gasteiger partial charge on any atom is -0.507 e. The molecule has 1 aliphatic heterocycles. The van der Waals surface area contributed by atoms with Gasteiger partial charge >= 0.3 is 0 Å². The van der Waals surface area contributed by atoms with Crippen LogP contribution in [-0.4, -0.2) is 20.3 Å².